The molecule has 2 aromatic carbocycles. The van der Waals surface area contributed by atoms with E-state index in [1.54, 1.807) is 6.07 Å². The SMILES string of the molecule is CCN=C(CN(C)Cc1ccc(OC(C)(C)C(=O)O)c(C)c1)N=C(N)c1ccc(C(F)(F)F)cc1. The second kappa shape index (κ2) is 11.4. The van der Waals surface area contributed by atoms with Crippen LogP contribution in [-0.2, 0) is 17.5 Å². The smallest absolute Gasteiger partial charge is 0.416 e. The number of aliphatic imine (C=N–C) groups is 2. The van der Waals surface area contributed by atoms with Crippen LogP contribution in [0.25, 0.3) is 0 Å². The Balaban J connectivity index is 2.10. The number of carboxylic acid groups (broad SMARTS) is 1. The van der Waals surface area contributed by atoms with Crippen molar-refractivity contribution in [3.05, 3.63) is 64.7 Å². The third kappa shape index (κ3) is 8.10. The number of alkyl halides is 3. The molecule has 0 aliphatic rings. The molecule has 0 spiro atoms. The van der Waals surface area contributed by atoms with E-state index < -0.39 is 23.3 Å². The predicted octanol–water partition coefficient (Wildman–Crippen LogP) is 4.51. The number of carboxylic acids is 1. The molecule has 0 aliphatic carbocycles. The number of benzene rings is 2. The molecule has 0 aromatic heterocycles. The highest BCUT2D eigenvalue weighted by Crippen LogP contribution is 2.29. The van der Waals surface area contributed by atoms with Gasteiger partial charge in [-0.05, 0) is 64.1 Å². The highest BCUT2D eigenvalue weighted by molar-refractivity contribution is 6.05. The van der Waals surface area contributed by atoms with E-state index in [1.165, 1.54) is 26.0 Å². The molecule has 0 saturated carbocycles. The van der Waals surface area contributed by atoms with Gasteiger partial charge in [-0.3, -0.25) is 9.89 Å². The maximum atomic E-state index is 12.8. The summed E-state index contributed by atoms with van der Waals surface area (Å²) in [6.07, 6.45) is -4.42. The number of halogens is 3. The van der Waals surface area contributed by atoms with Crippen molar-refractivity contribution < 1.29 is 27.8 Å². The molecule has 10 heteroatoms. The minimum atomic E-state index is -4.42. The van der Waals surface area contributed by atoms with Crippen molar-refractivity contribution in [2.75, 3.05) is 20.1 Å². The van der Waals surface area contributed by atoms with Gasteiger partial charge in [-0.1, -0.05) is 24.3 Å². The van der Waals surface area contributed by atoms with Crippen LogP contribution < -0.4 is 10.5 Å². The molecule has 0 unspecified atom stereocenters. The van der Waals surface area contributed by atoms with E-state index in [-0.39, 0.29) is 5.84 Å². The van der Waals surface area contributed by atoms with E-state index in [1.807, 2.05) is 37.9 Å². The van der Waals surface area contributed by atoms with Gasteiger partial charge in [0, 0.05) is 18.7 Å². The monoisotopic (exact) mass is 492 g/mol. The number of aryl methyl sites for hydroxylation is 1. The number of likely N-dealkylation sites (N-methyl/N-ethyl adjacent to an activating group) is 1. The third-order valence-electron chi connectivity index (χ3n) is 5.08. The van der Waals surface area contributed by atoms with Crippen LogP contribution in [-0.4, -0.2) is 53.4 Å². The molecule has 0 saturated heterocycles. The van der Waals surface area contributed by atoms with Crippen molar-refractivity contribution in [1.29, 1.82) is 0 Å². The predicted molar refractivity (Wildman–Crippen MR) is 130 cm³/mol. The van der Waals surface area contributed by atoms with Crippen LogP contribution in [0.2, 0.25) is 0 Å². The standard InChI is InChI=1S/C25H31F3N4O3/c1-6-30-21(31-22(29)18-8-10-19(11-9-18)25(26,27)28)15-32(5)14-17-7-12-20(16(2)13-17)35-24(3,4)23(33)34/h7-13H,6,14-15H2,1-5H3,(H,33,34)(H2,29,30,31). The summed E-state index contributed by atoms with van der Waals surface area (Å²) in [6.45, 7) is 8.04. The number of rotatable bonds is 9. The largest absolute Gasteiger partial charge is 0.478 e. The lowest BCUT2D eigenvalue weighted by atomic mass is 10.1. The summed E-state index contributed by atoms with van der Waals surface area (Å²) in [6, 6.07) is 10.0. The Morgan fingerprint density at radius 2 is 1.77 bits per heavy atom. The molecule has 0 amide bonds. The Hall–Kier alpha value is -3.40. The Kier molecular flexibility index (Phi) is 9.03. The number of aliphatic carboxylic acids is 1. The van der Waals surface area contributed by atoms with Crippen LogP contribution in [0.4, 0.5) is 13.2 Å². The van der Waals surface area contributed by atoms with Crippen LogP contribution in [0, 0.1) is 6.92 Å². The third-order valence-corrected chi connectivity index (χ3v) is 5.08. The van der Waals surface area contributed by atoms with E-state index >= 15 is 0 Å². The fourth-order valence-electron chi connectivity index (χ4n) is 3.19. The zero-order chi connectivity index (χ0) is 26.4. The highest BCUT2D eigenvalue weighted by Gasteiger charge is 2.30. The van der Waals surface area contributed by atoms with E-state index in [9.17, 15) is 23.1 Å². The fraction of sp³-hybridized carbons (Fsp3) is 0.400. The van der Waals surface area contributed by atoms with Gasteiger partial charge in [0.1, 0.15) is 17.4 Å². The van der Waals surface area contributed by atoms with Crippen molar-refractivity contribution in [3.63, 3.8) is 0 Å². The van der Waals surface area contributed by atoms with Crippen molar-refractivity contribution in [2.24, 2.45) is 15.7 Å². The zero-order valence-electron chi connectivity index (χ0n) is 20.5. The quantitative estimate of drug-likeness (QED) is 0.396. The van der Waals surface area contributed by atoms with Gasteiger partial charge in [0.15, 0.2) is 5.60 Å². The molecule has 0 heterocycles. The number of hydrogen-bond donors (Lipinski definition) is 2. The zero-order valence-corrected chi connectivity index (χ0v) is 20.5. The number of ether oxygens (including phenoxy) is 1. The van der Waals surface area contributed by atoms with Gasteiger partial charge in [0.2, 0.25) is 0 Å². The normalized spacial score (nSPS) is 13.3. The molecule has 35 heavy (non-hydrogen) atoms. The maximum Gasteiger partial charge on any atom is 0.416 e. The highest BCUT2D eigenvalue weighted by atomic mass is 19.4. The van der Waals surface area contributed by atoms with Crippen LogP contribution in [0.15, 0.2) is 52.4 Å². The van der Waals surface area contributed by atoms with Crippen LogP contribution in [0.5, 0.6) is 5.75 Å². The first-order valence-electron chi connectivity index (χ1n) is 11.0. The Labute approximate surface area is 203 Å². The van der Waals surface area contributed by atoms with E-state index in [0.29, 0.717) is 36.8 Å². The molecule has 0 fully saturated rings. The van der Waals surface area contributed by atoms with Gasteiger partial charge >= 0.3 is 12.1 Å². The molecule has 7 nitrogen and oxygen atoms in total. The first kappa shape index (κ1) is 27.8. The lowest BCUT2D eigenvalue weighted by Crippen LogP contribution is -2.38. The summed E-state index contributed by atoms with van der Waals surface area (Å²) in [7, 11) is 1.88. The first-order chi connectivity index (χ1) is 16.2. The Morgan fingerprint density at radius 3 is 2.29 bits per heavy atom. The molecule has 2 aromatic rings. The number of carbonyl (C=O) groups is 1. The topological polar surface area (TPSA) is 101 Å². The first-order valence-corrected chi connectivity index (χ1v) is 11.0. The van der Waals surface area contributed by atoms with Gasteiger partial charge in [0.25, 0.3) is 0 Å². The van der Waals surface area contributed by atoms with Gasteiger partial charge in [-0.15, -0.1) is 0 Å². The second-order valence-electron chi connectivity index (χ2n) is 8.65. The summed E-state index contributed by atoms with van der Waals surface area (Å²) in [5, 5.41) is 9.27. The molecule has 0 bridgehead atoms. The second-order valence-corrected chi connectivity index (χ2v) is 8.65. The maximum absolute atomic E-state index is 12.8. The summed E-state index contributed by atoms with van der Waals surface area (Å²) in [5.41, 5.74) is 6.08. The van der Waals surface area contributed by atoms with Crippen molar-refractivity contribution in [1.82, 2.24) is 4.90 Å². The van der Waals surface area contributed by atoms with Crippen LogP contribution in [0.1, 0.15) is 43.0 Å². The Bertz CT molecular complexity index is 1090. The average molecular weight is 493 g/mol. The minimum Gasteiger partial charge on any atom is -0.478 e. The number of hydrogen-bond acceptors (Lipinski definition) is 4. The van der Waals surface area contributed by atoms with Gasteiger partial charge in [0.05, 0.1) is 12.1 Å². The summed E-state index contributed by atoms with van der Waals surface area (Å²) < 4.78 is 44.0. The lowest BCUT2D eigenvalue weighted by Gasteiger charge is -2.23. The fourth-order valence-corrected chi connectivity index (χ4v) is 3.19. The molecule has 0 atom stereocenters. The lowest BCUT2D eigenvalue weighted by molar-refractivity contribution is -0.152. The van der Waals surface area contributed by atoms with E-state index in [0.717, 1.165) is 23.3 Å². The van der Waals surface area contributed by atoms with Gasteiger partial charge < -0.3 is 15.6 Å². The summed E-state index contributed by atoms with van der Waals surface area (Å²) >= 11 is 0. The van der Waals surface area contributed by atoms with Gasteiger partial charge in [-0.25, -0.2) is 9.79 Å². The molecule has 0 radical (unpaired) electrons. The summed E-state index contributed by atoms with van der Waals surface area (Å²) in [4.78, 5) is 22.0. The van der Waals surface area contributed by atoms with Crippen molar-refractivity contribution in [3.8, 4) is 5.75 Å². The summed E-state index contributed by atoms with van der Waals surface area (Å²) in [5.74, 6) is -0.0319. The number of nitrogens with zero attached hydrogens (tertiary/aromatic N) is 3. The van der Waals surface area contributed by atoms with E-state index in [2.05, 4.69) is 9.98 Å². The molecular weight excluding hydrogens is 461 g/mol. The van der Waals surface area contributed by atoms with Crippen molar-refractivity contribution >= 4 is 17.6 Å². The van der Waals surface area contributed by atoms with E-state index in [4.69, 9.17) is 10.5 Å². The van der Waals surface area contributed by atoms with Crippen LogP contribution in [0.3, 0.4) is 0 Å². The molecule has 2 rings (SSSR count). The molecule has 3 N–H and O–H groups in total. The molecule has 190 valence electrons. The number of amidine groups is 2. The van der Waals surface area contributed by atoms with Gasteiger partial charge in [-0.2, -0.15) is 13.2 Å². The van der Waals surface area contributed by atoms with Crippen molar-refractivity contribution in [2.45, 2.75) is 46.0 Å². The Morgan fingerprint density at radius 1 is 1.14 bits per heavy atom. The molecular formula is C25H31F3N4O3. The average Bonchev–Trinajstić information content (AvgIpc) is 2.75. The molecule has 0 aliphatic heterocycles. The minimum absolute atomic E-state index is 0.0812. The van der Waals surface area contributed by atoms with Crippen LogP contribution >= 0.6 is 0 Å². The number of nitrogens with two attached hydrogens (primary N) is 1.